The van der Waals surface area contributed by atoms with Gasteiger partial charge < -0.3 is 14.8 Å². The van der Waals surface area contributed by atoms with Crippen molar-refractivity contribution >= 4 is 44.6 Å². The summed E-state index contributed by atoms with van der Waals surface area (Å²) in [6.07, 6.45) is 0.633. The van der Waals surface area contributed by atoms with Crippen molar-refractivity contribution in [2.24, 2.45) is 0 Å². The minimum absolute atomic E-state index is 0.00644. The number of ether oxygens (including phenoxy) is 2. The molecule has 3 aromatic rings. The molecule has 0 bridgehead atoms. The number of carbonyl (C=O) groups is 1. The summed E-state index contributed by atoms with van der Waals surface area (Å²) < 4.78 is 39.2. The number of carbonyl (C=O) groups excluding carboxylic acids is 1. The van der Waals surface area contributed by atoms with Crippen LogP contribution in [0.2, 0.25) is 5.02 Å². The molecule has 166 valence electrons. The van der Waals surface area contributed by atoms with E-state index in [9.17, 15) is 13.2 Å². The lowest BCUT2D eigenvalue weighted by atomic mass is 10.0. The largest absolute Gasteiger partial charge is 0.486 e. The Bertz CT molecular complexity index is 1310. The lowest BCUT2D eigenvalue weighted by Crippen LogP contribution is -2.36. The quantitative estimate of drug-likeness (QED) is 0.593. The van der Waals surface area contributed by atoms with Gasteiger partial charge in [-0.25, -0.2) is 8.42 Å². The first-order valence-corrected chi connectivity index (χ1v) is 12.7. The van der Waals surface area contributed by atoms with Crippen molar-refractivity contribution in [2.45, 2.75) is 17.9 Å². The predicted octanol–water partition coefficient (Wildman–Crippen LogP) is 4.17. The maximum absolute atomic E-state index is 13.4. The number of anilines is 1. The van der Waals surface area contributed by atoms with Crippen molar-refractivity contribution in [3.8, 4) is 11.5 Å². The Hall–Kier alpha value is -2.59. The number of nitrogens with zero attached hydrogens (tertiary/aromatic N) is 1. The van der Waals surface area contributed by atoms with Gasteiger partial charge in [-0.15, -0.1) is 11.3 Å². The van der Waals surface area contributed by atoms with E-state index < -0.39 is 15.9 Å². The van der Waals surface area contributed by atoms with Crippen molar-refractivity contribution < 1.29 is 22.7 Å². The molecule has 3 heterocycles. The molecule has 7 nitrogen and oxygen atoms in total. The number of fused-ring (bicyclic) bond motifs is 2. The van der Waals surface area contributed by atoms with Crippen molar-refractivity contribution in [3.63, 3.8) is 0 Å². The fourth-order valence-electron chi connectivity index (χ4n) is 3.82. The highest BCUT2D eigenvalue weighted by Crippen LogP contribution is 2.38. The average molecular weight is 491 g/mol. The molecule has 32 heavy (non-hydrogen) atoms. The minimum Gasteiger partial charge on any atom is -0.486 e. The van der Waals surface area contributed by atoms with Crippen LogP contribution in [0.25, 0.3) is 0 Å². The molecule has 0 fully saturated rings. The zero-order valence-electron chi connectivity index (χ0n) is 16.8. The second-order valence-electron chi connectivity index (χ2n) is 7.40. The van der Waals surface area contributed by atoms with Gasteiger partial charge in [0.25, 0.3) is 5.91 Å². The summed E-state index contributed by atoms with van der Waals surface area (Å²) in [6.45, 7) is 1.47. The Morgan fingerprint density at radius 1 is 1.06 bits per heavy atom. The number of hydrogen-bond acceptors (Lipinski definition) is 6. The summed E-state index contributed by atoms with van der Waals surface area (Å²) in [6, 6.07) is 12.4. The van der Waals surface area contributed by atoms with E-state index in [1.165, 1.54) is 10.4 Å². The van der Waals surface area contributed by atoms with Gasteiger partial charge in [-0.3, -0.25) is 4.79 Å². The molecule has 0 saturated heterocycles. The first-order chi connectivity index (χ1) is 15.4. The lowest BCUT2D eigenvalue weighted by Gasteiger charge is -2.28. The second-order valence-corrected chi connectivity index (χ2v) is 10.6. The smallest absolute Gasteiger partial charge is 0.267 e. The maximum atomic E-state index is 13.4. The van der Waals surface area contributed by atoms with Crippen molar-refractivity contribution in [2.75, 3.05) is 25.1 Å². The van der Waals surface area contributed by atoms with Crippen LogP contribution >= 0.6 is 22.9 Å². The molecule has 1 aromatic heterocycles. The molecule has 1 amide bonds. The fourth-order valence-corrected chi connectivity index (χ4v) is 6.73. The number of hydrogen-bond donors (Lipinski definition) is 1. The molecule has 5 rings (SSSR count). The normalized spacial score (nSPS) is 15.8. The van der Waals surface area contributed by atoms with Gasteiger partial charge >= 0.3 is 0 Å². The standard InChI is InChI=1S/C22H19ClN2O5S2/c23-16-11-18-19(30-9-8-29-18)12-17(16)24-22(26)21-20(6-10-31-21)32(27,28)25-7-5-14-3-1-2-4-15(14)13-25/h1-4,6,10-12H,5,7-9,13H2,(H,24,26). The van der Waals surface area contributed by atoms with E-state index in [0.29, 0.717) is 43.4 Å². The van der Waals surface area contributed by atoms with Gasteiger partial charge in [0.05, 0.1) is 10.7 Å². The van der Waals surface area contributed by atoms with E-state index in [1.54, 1.807) is 17.5 Å². The average Bonchev–Trinajstić information content (AvgIpc) is 3.30. The lowest BCUT2D eigenvalue weighted by molar-refractivity contribution is 0.102. The van der Waals surface area contributed by atoms with Crippen LogP contribution < -0.4 is 14.8 Å². The van der Waals surface area contributed by atoms with Gasteiger partial charge in [0.1, 0.15) is 23.0 Å². The highest BCUT2D eigenvalue weighted by Gasteiger charge is 2.32. The highest BCUT2D eigenvalue weighted by atomic mass is 35.5. The van der Waals surface area contributed by atoms with Crippen LogP contribution in [0.5, 0.6) is 11.5 Å². The molecule has 0 unspecified atom stereocenters. The van der Waals surface area contributed by atoms with Crippen LogP contribution in [-0.4, -0.2) is 38.4 Å². The van der Waals surface area contributed by atoms with Crippen LogP contribution in [0.3, 0.4) is 0 Å². The molecule has 1 N–H and O–H groups in total. The molecule has 2 aromatic carbocycles. The highest BCUT2D eigenvalue weighted by molar-refractivity contribution is 7.89. The third-order valence-electron chi connectivity index (χ3n) is 5.43. The maximum Gasteiger partial charge on any atom is 0.267 e. The predicted molar refractivity (Wildman–Crippen MR) is 122 cm³/mol. The van der Waals surface area contributed by atoms with Crippen molar-refractivity contribution in [1.82, 2.24) is 4.31 Å². The topological polar surface area (TPSA) is 84.9 Å². The minimum atomic E-state index is -3.85. The summed E-state index contributed by atoms with van der Waals surface area (Å²) in [4.78, 5) is 13.1. The first-order valence-electron chi connectivity index (χ1n) is 9.98. The third kappa shape index (κ3) is 3.86. The number of benzene rings is 2. The summed E-state index contributed by atoms with van der Waals surface area (Å²) in [5.41, 5.74) is 2.45. The number of amides is 1. The molecule has 2 aliphatic heterocycles. The van der Waals surface area contributed by atoms with E-state index in [-0.39, 0.29) is 21.3 Å². The third-order valence-corrected chi connectivity index (χ3v) is 8.67. The number of halogens is 1. The summed E-state index contributed by atoms with van der Waals surface area (Å²) in [5.74, 6) is 0.431. The van der Waals surface area contributed by atoms with Crippen LogP contribution in [0.1, 0.15) is 20.8 Å². The molecular weight excluding hydrogens is 472 g/mol. The first kappa shape index (κ1) is 21.3. The molecule has 0 radical (unpaired) electrons. The van der Waals surface area contributed by atoms with Crippen molar-refractivity contribution in [3.05, 3.63) is 68.9 Å². The number of thiophene rings is 1. The number of nitrogens with one attached hydrogen (secondary N) is 1. The van der Waals surface area contributed by atoms with Crippen LogP contribution in [-0.2, 0) is 23.0 Å². The number of sulfonamides is 1. The molecule has 2 aliphatic rings. The molecule has 0 aliphatic carbocycles. The van der Waals surface area contributed by atoms with Gasteiger partial charge in [0.2, 0.25) is 10.0 Å². The summed E-state index contributed by atoms with van der Waals surface area (Å²) >= 11 is 7.36. The van der Waals surface area contributed by atoms with Gasteiger partial charge in [0.15, 0.2) is 11.5 Å². The second kappa shape index (κ2) is 8.40. The van der Waals surface area contributed by atoms with E-state index in [0.717, 1.165) is 22.5 Å². The van der Waals surface area contributed by atoms with Crippen LogP contribution in [0.4, 0.5) is 5.69 Å². The Morgan fingerprint density at radius 2 is 1.78 bits per heavy atom. The van der Waals surface area contributed by atoms with Gasteiger partial charge in [0, 0.05) is 25.2 Å². The Balaban J connectivity index is 1.40. The zero-order valence-corrected chi connectivity index (χ0v) is 19.2. The molecule has 0 atom stereocenters. The van der Waals surface area contributed by atoms with Crippen LogP contribution in [0.15, 0.2) is 52.7 Å². The van der Waals surface area contributed by atoms with Crippen molar-refractivity contribution in [1.29, 1.82) is 0 Å². The Kier molecular flexibility index (Phi) is 5.58. The van der Waals surface area contributed by atoms with E-state index in [1.807, 2.05) is 24.3 Å². The Labute approximate surface area is 194 Å². The zero-order chi connectivity index (χ0) is 22.3. The Morgan fingerprint density at radius 3 is 2.56 bits per heavy atom. The molecule has 10 heteroatoms. The van der Waals surface area contributed by atoms with Gasteiger partial charge in [-0.05, 0) is 29.0 Å². The van der Waals surface area contributed by atoms with E-state index in [4.69, 9.17) is 21.1 Å². The molecule has 0 spiro atoms. The molecular formula is C22H19ClN2O5S2. The fraction of sp³-hybridized carbons (Fsp3) is 0.227. The van der Waals surface area contributed by atoms with Crippen LogP contribution in [0, 0.1) is 0 Å². The number of rotatable bonds is 4. The van der Waals surface area contributed by atoms with E-state index >= 15 is 0 Å². The van der Waals surface area contributed by atoms with Gasteiger partial charge in [-0.1, -0.05) is 35.9 Å². The summed E-state index contributed by atoms with van der Waals surface area (Å²) in [5, 5.41) is 4.59. The van der Waals surface area contributed by atoms with Gasteiger partial charge in [-0.2, -0.15) is 4.31 Å². The molecule has 0 saturated carbocycles. The SMILES string of the molecule is O=C(Nc1cc2c(cc1Cl)OCCO2)c1sccc1S(=O)(=O)N1CCc2ccccc2C1. The summed E-state index contributed by atoms with van der Waals surface area (Å²) in [7, 11) is -3.85. The van der Waals surface area contributed by atoms with E-state index in [2.05, 4.69) is 5.32 Å². The monoisotopic (exact) mass is 490 g/mol.